The van der Waals surface area contributed by atoms with E-state index in [0.29, 0.717) is 23.3 Å². The first kappa shape index (κ1) is 25.6. The molecule has 2 heterocycles. The van der Waals surface area contributed by atoms with Crippen molar-refractivity contribution in [1.29, 1.82) is 0 Å². The number of fused-ring (bicyclic) bond motifs is 5. The quantitative estimate of drug-likeness (QED) is 0.468. The van der Waals surface area contributed by atoms with Gasteiger partial charge in [-0.3, -0.25) is 9.69 Å². The normalized spacial score (nSPS) is 50.7. The molecule has 6 nitrogen and oxygen atoms in total. The molecule has 0 radical (unpaired) electrons. The molecule has 4 saturated carbocycles. The number of likely N-dealkylation sites (N-methyl/N-ethyl adjacent to an activating group) is 1. The number of esters is 1. The van der Waals surface area contributed by atoms with Crippen LogP contribution in [-0.4, -0.2) is 91.2 Å². The third-order valence-electron chi connectivity index (χ3n) is 12.8. The van der Waals surface area contributed by atoms with E-state index >= 15 is 0 Å². The smallest absolute Gasteiger partial charge is 0.303 e. The first-order valence-corrected chi connectivity index (χ1v) is 15.2. The monoisotopic (exact) mass is 503 g/mol. The lowest BCUT2D eigenvalue weighted by molar-refractivity contribution is -0.924. The fraction of sp³-hybridized carbons (Fsp3) is 0.967. The van der Waals surface area contributed by atoms with Gasteiger partial charge in [-0.25, -0.2) is 0 Å². The average molecular weight is 504 g/mol. The minimum Gasteiger partial charge on any atom is -0.456 e. The molecule has 0 aromatic rings. The molecular formula is C30H51N2O4+. The molecule has 6 heteroatoms. The second kappa shape index (κ2) is 9.20. The van der Waals surface area contributed by atoms with E-state index in [1.807, 2.05) is 0 Å². The molecule has 5 unspecified atom stereocenters. The van der Waals surface area contributed by atoms with E-state index in [1.54, 1.807) is 6.92 Å². The van der Waals surface area contributed by atoms with E-state index in [4.69, 9.17) is 9.47 Å². The second-order valence-corrected chi connectivity index (χ2v) is 14.4. The number of quaternary nitrogens is 1. The number of aliphatic hydroxyl groups is 1. The number of ether oxygens (including phenoxy) is 2. The van der Waals surface area contributed by atoms with Gasteiger partial charge in [0.1, 0.15) is 6.04 Å². The Morgan fingerprint density at radius 2 is 1.75 bits per heavy atom. The Bertz CT molecular complexity index is 839. The molecule has 0 aromatic heterocycles. The highest BCUT2D eigenvalue weighted by molar-refractivity contribution is 5.66. The van der Waals surface area contributed by atoms with Gasteiger partial charge in [-0.1, -0.05) is 13.8 Å². The lowest BCUT2D eigenvalue weighted by Crippen LogP contribution is -2.61. The van der Waals surface area contributed by atoms with Crippen LogP contribution in [-0.2, 0) is 14.3 Å². The lowest BCUT2D eigenvalue weighted by atomic mass is 9.44. The molecule has 6 rings (SSSR count). The van der Waals surface area contributed by atoms with Gasteiger partial charge in [0.15, 0.2) is 6.10 Å². The first-order valence-electron chi connectivity index (χ1n) is 15.2. The molecule has 36 heavy (non-hydrogen) atoms. The van der Waals surface area contributed by atoms with Crippen LogP contribution in [0.5, 0.6) is 0 Å². The fourth-order valence-corrected chi connectivity index (χ4v) is 10.9. The Balaban J connectivity index is 1.29. The lowest BCUT2D eigenvalue weighted by Gasteiger charge is -2.62. The molecule has 0 spiro atoms. The molecule has 2 saturated heterocycles. The van der Waals surface area contributed by atoms with Gasteiger partial charge in [0.2, 0.25) is 0 Å². The summed E-state index contributed by atoms with van der Waals surface area (Å²) in [5.41, 5.74) is 0.399. The number of hydrogen-bond acceptors (Lipinski definition) is 5. The molecule has 204 valence electrons. The van der Waals surface area contributed by atoms with Crippen molar-refractivity contribution in [3.05, 3.63) is 0 Å². The van der Waals surface area contributed by atoms with E-state index in [0.717, 1.165) is 55.5 Å². The zero-order chi connectivity index (χ0) is 25.3. The van der Waals surface area contributed by atoms with Crippen molar-refractivity contribution in [3.63, 3.8) is 0 Å². The Hall–Kier alpha value is -0.690. The highest BCUT2D eigenvalue weighted by Gasteiger charge is 2.67. The molecule has 0 amide bonds. The van der Waals surface area contributed by atoms with Gasteiger partial charge in [-0.2, -0.15) is 0 Å². The summed E-state index contributed by atoms with van der Waals surface area (Å²) in [5.74, 6) is 2.64. The van der Waals surface area contributed by atoms with Gasteiger partial charge < -0.3 is 19.1 Å². The number of carbonyl (C=O) groups excluding carboxylic acids is 1. The number of carbonyl (C=O) groups is 1. The Kier molecular flexibility index (Phi) is 6.54. The summed E-state index contributed by atoms with van der Waals surface area (Å²) in [7, 11) is 2.44. The Morgan fingerprint density at radius 3 is 2.44 bits per heavy atom. The Labute approximate surface area is 218 Å². The number of aliphatic hydroxyl groups excluding tert-OH is 1. The van der Waals surface area contributed by atoms with Crippen molar-refractivity contribution in [2.24, 2.45) is 34.5 Å². The number of nitrogens with zero attached hydrogens (tertiary/aromatic N) is 2. The molecule has 10 atom stereocenters. The van der Waals surface area contributed by atoms with Crippen LogP contribution in [0, 0.1) is 34.5 Å². The van der Waals surface area contributed by atoms with Crippen molar-refractivity contribution >= 4 is 5.97 Å². The molecule has 0 aromatic carbocycles. The molecule has 1 N–H and O–H groups in total. The number of likely N-dealkylation sites (tertiary alicyclic amines) is 1. The summed E-state index contributed by atoms with van der Waals surface area (Å²) in [4.78, 5) is 14.9. The maximum Gasteiger partial charge on any atom is 0.303 e. The summed E-state index contributed by atoms with van der Waals surface area (Å²) >= 11 is 0. The van der Waals surface area contributed by atoms with Crippen LogP contribution in [0.25, 0.3) is 0 Å². The summed E-state index contributed by atoms with van der Waals surface area (Å²) in [6.45, 7) is 12.7. The molecule has 2 aliphatic heterocycles. The molecule has 4 aliphatic carbocycles. The van der Waals surface area contributed by atoms with E-state index < -0.39 is 0 Å². The van der Waals surface area contributed by atoms with Gasteiger partial charge >= 0.3 is 5.97 Å². The van der Waals surface area contributed by atoms with Crippen molar-refractivity contribution < 1.29 is 23.9 Å². The van der Waals surface area contributed by atoms with Gasteiger partial charge in [-0.05, 0) is 67.6 Å². The van der Waals surface area contributed by atoms with Gasteiger partial charge in [0.05, 0.1) is 39.5 Å². The van der Waals surface area contributed by atoms with Crippen LogP contribution < -0.4 is 0 Å². The summed E-state index contributed by atoms with van der Waals surface area (Å²) in [5, 5.41) is 11.2. The third-order valence-corrected chi connectivity index (χ3v) is 12.8. The highest BCUT2D eigenvalue weighted by Crippen LogP contribution is 2.67. The topological polar surface area (TPSA) is 59.0 Å². The van der Waals surface area contributed by atoms with Crippen LogP contribution in [0.4, 0.5) is 0 Å². The molecular weight excluding hydrogens is 452 g/mol. The van der Waals surface area contributed by atoms with E-state index in [-0.39, 0.29) is 29.6 Å². The Morgan fingerprint density at radius 1 is 1.03 bits per heavy atom. The van der Waals surface area contributed by atoms with Crippen molar-refractivity contribution in [1.82, 2.24) is 4.90 Å². The third kappa shape index (κ3) is 3.91. The highest BCUT2D eigenvalue weighted by atomic mass is 16.5. The van der Waals surface area contributed by atoms with Crippen LogP contribution in [0.15, 0.2) is 0 Å². The van der Waals surface area contributed by atoms with Crippen molar-refractivity contribution in [3.8, 4) is 0 Å². The van der Waals surface area contributed by atoms with Gasteiger partial charge in [0, 0.05) is 50.7 Å². The zero-order valence-electron chi connectivity index (χ0n) is 23.3. The van der Waals surface area contributed by atoms with Crippen molar-refractivity contribution in [2.45, 2.75) is 103 Å². The standard InChI is InChI=1S/C30H51N2O4/c1-20(33)36-28-26(32(4)13-5-6-14-32)18-24-22-8-7-21-17-27(34)25(31-11-15-35-16-12-31)19-30(21,3)23(22)9-10-29(24,28)2/h21-28,34H,5-19H2,1-4H3/q+1/t21?,22-,23-,24+,25?,26?,27?,28?,29+,30+/m1/s1. The molecule has 6 aliphatic rings. The first-order chi connectivity index (χ1) is 17.2. The predicted molar refractivity (Wildman–Crippen MR) is 139 cm³/mol. The summed E-state index contributed by atoms with van der Waals surface area (Å²) in [6.07, 6.45) is 10.8. The molecule has 6 fully saturated rings. The maximum atomic E-state index is 12.4. The predicted octanol–water partition coefficient (Wildman–Crippen LogP) is 3.85. The van der Waals surface area contributed by atoms with Gasteiger partial charge in [0.25, 0.3) is 0 Å². The largest absolute Gasteiger partial charge is 0.456 e. The molecule has 0 bridgehead atoms. The van der Waals surface area contributed by atoms with Crippen LogP contribution >= 0.6 is 0 Å². The zero-order valence-corrected chi connectivity index (χ0v) is 23.3. The number of hydrogen-bond donors (Lipinski definition) is 1. The van der Waals surface area contributed by atoms with Crippen molar-refractivity contribution in [2.75, 3.05) is 46.4 Å². The summed E-state index contributed by atoms with van der Waals surface area (Å²) < 4.78 is 13.0. The second-order valence-electron chi connectivity index (χ2n) is 14.4. The fourth-order valence-electron chi connectivity index (χ4n) is 10.9. The minimum atomic E-state index is -0.199. The SMILES string of the molecule is CC(=O)OC1C([N+]2(C)CCCC2)C[C@H]2[C@@H]3CCC4CC(O)C(N5CCOCC5)C[C@]4(C)[C@@H]3CC[C@]12C. The minimum absolute atomic E-state index is 0.0591. The summed E-state index contributed by atoms with van der Waals surface area (Å²) in [6, 6.07) is 0.728. The van der Waals surface area contributed by atoms with E-state index in [2.05, 4.69) is 25.8 Å². The average Bonchev–Trinajstić information content (AvgIpc) is 3.42. The van der Waals surface area contributed by atoms with Crippen LogP contribution in [0.2, 0.25) is 0 Å². The van der Waals surface area contributed by atoms with Crippen LogP contribution in [0.3, 0.4) is 0 Å². The van der Waals surface area contributed by atoms with E-state index in [9.17, 15) is 9.90 Å². The van der Waals surface area contributed by atoms with Crippen LogP contribution in [0.1, 0.15) is 78.6 Å². The number of rotatable bonds is 3. The number of morpholine rings is 1. The van der Waals surface area contributed by atoms with E-state index in [1.165, 1.54) is 58.0 Å². The maximum absolute atomic E-state index is 12.4. The van der Waals surface area contributed by atoms with Gasteiger partial charge in [-0.15, -0.1) is 0 Å².